The Labute approximate surface area is 181 Å². The van der Waals surface area contributed by atoms with Crippen LogP contribution in [0.15, 0.2) is 40.9 Å². The van der Waals surface area contributed by atoms with Crippen molar-refractivity contribution in [2.24, 2.45) is 0 Å². The van der Waals surface area contributed by atoms with E-state index in [1.54, 1.807) is 4.90 Å². The molecule has 6 nitrogen and oxygen atoms in total. The van der Waals surface area contributed by atoms with Gasteiger partial charge in [0.1, 0.15) is 0 Å². The molecule has 0 aliphatic carbocycles. The first-order valence-corrected chi connectivity index (χ1v) is 10.0. The molecule has 2 aromatic carbocycles. The summed E-state index contributed by atoms with van der Waals surface area (Å²) in [6.07, 6.45) is 0. The van der Waals surface area contributed by atoms with Crippen LogP contribution >= 0.6 is 39.7 Å². The van der Waals surface area contributed by atoms with Gasteiger partial charge in [0.15, 0.2) is 16.6 Å². The molecule has 0 atom stereocenters. The Bertz CT molecular complexity index is 970. The number of nitrogens with zero attached hydrogens (tertiary/aromatic N) is 3. The first-order chi connectivity index (χ1) is 13.0. The number of hydrogen-bond acceptors (Lipinski definition) is 6. The predicted octanol–water partition coefficient (Wildman–Crippen LogP) is 4.42. The zero-order valence-corrected chi connectivity index (χ0v) is 18.6. The van der Waals surface area contributed by atoms with Crippen LogP contribution in [0.5, 0.6) is 11.5 Å². The third-order valence-electron chi connectivity index (χ3n) is 4.22. The van der Waals surface area contributed by atoms with Gasteiger partial charge in [-0.25, -0.2) is 4.98 Å². The summed E-state index contributed by atoms with van der Waals surface area (Å²) in [5.74, 6) is 1.33. The standard InChI is InChI=1S/C19H18BrN3O3S.ClH/c1-22(2)7-8-23(18(24)12-5-3-4-6-13(12)20)19-21-14-9-15-16(26-11-25-15)10-17(14)27-19;/h3-6,9-10H,7-8,11H2,1-2H3;1H. The summed E-state index contributed by atoms with van der Waals surface area (Å²) in [6.45, 7) is 1.50. The van der Waals surface area contributed by atoms with E-state index >= 15 is 0 Å². The number of hydrogen-bond donors (Lipinski definition) is 0. The van der Waals surface area contributed by atoms with E-state index in [4.69, 9.17) is 14.5 Å². The number of aromatic nitrogens is 1. The SMILES string of the molecule is CN(C)CCN(C(=O)c1ccccc1Br)c1nc2cc3c(cc2s1)OCO3.Cl. The van der Waals surface area contributed by atoms with Gasteiger partial charge < -0.3 is 14.4 Å². The number of benzene rings is 2. The maximum atomic E-state index is 13.3. The molecule has 28 heavy (non-hydrogen) atoms. The van der Waals surface area contributed by atoms with Gasteiger partial charge in [-0.05, 0) is 42.2 Å². The Morgan fingerprint density at radius 2 is 1.89 bits per heavy atom. The lowest BCUT2D eigenvalue weighted by Crippen LogP contribution is -2.36. The summed E-state index contributed by atoms with van der Waals surface area (Å²) >= 11 is 4.96. The fraction of sp³-hybridized carbons (Fsp3) is 0.263. The van der Waals surface area contributed by atoms with Crippen LogP contribution in [-0.2, 0) is 0 Å². The van der Waals surface area contributed by atoms with Crippen LogP contribution in [0.1, 0.15) is 10.4 Å². The zero-order valence-electron chi connectivity index (χ0n) is 15.3. The Balaban J connectivity index is 0.00000225. The van der Waals surface area contributed by atoms with E-state index in [1.807, 2.05) is 55.4 Å². The maximum Gasteiger partial charge on any atom is 0.261 e. The van der Waals surface area contributed by atoms with Crippen molar-refractivity contribution in [3.63, 3.8) is 0 Å². The van der Waals surface area contributed by atoms with Crippen molar-refractivity contribution >= 4 is 60.9 Å². The van der Waals surface area contributed by atoms with Crippen molar-refractivity contribution in [2.45, 2.75) is 0 Å². The Morgan fingerprint density at radius 1 is 1.18 bits per heavy atom. The van der Waals surface area contributed by atoms with Crippen LogP contribution < -0.4 is 14.4 Å². The third kappa shape index (κ3) is 4.10. The van der Waals surface area contributed by atoms with Crippen molar-refractivity contribution in [2.75, 3.05) is 38.9 Å². The Kier molecular flexibility index (Phi) is 6.44. The molecule has 148 valence electrons. The number of halogens is 2. The summed E-state index contributed by atoms with van der Waals surface area (Å²) in [6, 6.07) is 11.2. The largest absolute Gasteiger partial charge is 0.454 e. The van der Waals surface area contributed by atoms with E-state index in [0.29, 0.717) is 23.0 Å². The topological polar surface area (TPSA) is 54.9 Å². The molecule has 0 fully saturated rings. The monoisotopic (exact) mass is 483 g/mol. The average Bonchev–Trinajstić information content (AvgIpc) is 3.25. The van der Waals surface area contributed by atoms with Crippen molar-refractivity contribution in [3.8, 4) is 11.5 Å². The lowest BCUT2D eigenvalue weighted by Gasteiger charge is -2.22. The molecule has 1 aliphatic heterocycles. The molecule has 0 spiro atoms. The van der Waals surface area contributed by atoms with Gasteiger partial charge in [-0.1, -0.05) is 23.5 Å². The van der Waals surface area contributed by atoms with Gasteiger partial charge in [0.2, 0.25) is 6.79 Å². The fourth-order valence-electron chi connectivity index (χ4n) is 2.79. The summed E-state index contributed by atoms with van der Waals surface area (Å²) in [5, 5.41) is 0.663. The fourth-order valence-corrected chi connectivity index (χ4v) is 4.24. The van der Waals surface area contributed by atoms with E-state index in [2.05, 4.69) is 15.9 Å². The first-order valence-electron chi connectivity index (χ1n) is 8.44. The van der Waals surface area contributed by atoms with Crippen LogP contribution in [0.2, 0.25) is 0 Å². The van der Waals surface area contributed by atoms with Gasteiger partial charge >= 0.3 is 0 Å². The number of anilines is 1. The second kappa shape index (κ2) is 8.65. The number of carbonyl (C=O) groups is 1. The molecule has 3 aromatic rings. The number of thiazole rings is 1. The van der Waals surface area contributed by atoms with E-state index in [1.165, 1.54) is 11.3 Å². The van der Waals surface area contributed by atoms with Crippen LogP contribution in [0.25, 0.3) is 10.2 Å². The third-order valence-corrected chi connectivity index (χ3v) is 5.96. The molecule has 0 N–H and O–H groups in total. The molecule has 9 heteroatoms. The molecule has 0 bridgehead atoms. The van der Waals surface area contributed by atoms with Crippen LogP contribution in [-0.4, -0.2) is 49.8 Å². The molecule has 4 rings (SSSR count). The zero-order chi connectivity index (χ0) is 19.0. The number of ether oxygens (including phenoxy) is 2. The summed E-state index contributed by atoms with van der Waals surface area (Å²) in [7, 11) is 3.97. The minimum atomic E-state index is -0.0802. The van der Waals surface area contributed by atoms with E-state index in [9.17, 15) is 4.79 Å². The molecule has 2 heterocycles. The van der Waals surface area contributed by atoms with Gasteiger partial charge in [-0.2, -0.15) is 0 Å². The average molecular weight is 485 g/mol. The lowest BCUT2D eigenvalue weighted by molar-refractivity contribution is 0.0984. The quantitative estimate of drug-likeness (QED) is 0.537. The number of fused-ring (bicyclic) bond motifs is 2. The highest BCUT2D eigenvalue weighted by Crippen LogP contribution is 2.40. The molecular formula is C19H19BrClN3O3S. The van der Waals surface area contributed by atoms with Crippen LogP contribution in [0.3, 0.4) is 0 Å². The van der Waals surface area contributed by atoms with Crippen LogP contribution in [0, 0.1) is 0 Å². The molecule has 1 amide bonds. The van der Waals surface area contributed by atoms with E-state index in [-0.39, 0.29) is 25.1 Å². The minimum Gasteiger partial charge on any atom is -0.454 e. The van der Waals surface area contributed by atoms with Gasteiger partial charge in [0, 0.05) is 29.7 Å². The van der Waals surface area contributed by atoms with Crippen molar-refractivity contribution in [1.29, 1.82) is 0 Å². The van der Waals surface area contributed by atoms with Gasteiger partial charge in [0.05, 0.1) is 15.8 Å². The number of rotatable bonds is 5. The molecule has 0 saturated heterocycles. The summed E-state index contributed by atoms with van der Waals surface area (Å²) in [4.78, 5) is 21.7. The number of likely N-dealkylation sites (N-methyl/N-ethyl adjacent to an activating group) is 1. The van der Waals surface area contributed by atoms with Crippen molar-refractivity contribution < 1.29 is 14.3 Å². The predicted molar refractivity (Wildman–Crippen MR) is 117 cm³/mol. The highest BCUT2D eigenvalue weighted by Gasteiger charge is 2.24. The normalized spacial score (nSPS) is 12.3. The van der Waals surface area contributed by atoms with Gasteiger partial charge in [-0.15, -0.1) is 12.4 Å². The number of carbonyl (C=O) groups excluding carboxylic acids is 1. The lowest BCUT2D eigenvalue weighted by atomic mass is 10.2. The molecule has 1 aromatic heterocycles. The van der Waals surface area contributed by atoms with E-state index < -0.39 is 0 Å². The van der Waals surface area contributed by atoms with Gasteiger partial charge in [-0.3, -0.25) is 9.69 Å². The molecule has 0 saturated carbocycles. The van der Waals surface area contributed by atoms with Gasteiger partial charge in [0.25, 0.3) is 5.91 Å². The second-order valence-electron chi connectivity index (χ2n) is 6.41. The number of amides is 1. The summed E-state index contributed by atoms with van der Waals surface area (Å²) < 4.78 is 12.6. The van der Waals surface area contributed by atoms with E-state index in [0.717, 1.165) is 27.0 Å². The smallest absolute Gasteiger partial charge is 0.261 e. The first kappa shape index (κ1) is 20.9. The highest BCUT2D eigenvalue weighted by atomic mass is 79.9. The Hall–Kier alpha value is -1.87. The maximum absolute atomic E-state index is 13.3. The van der Waals surface area contributed by atoms with Crippen LogP contribution in [0.4, 0.5) is 5.13 Å². The Morgan fingerprint density at radius 3 is 2.61 bits per heavy atom. The molecule has 0 radical (unpaired) electrons. The second-order valence-corrected chi connectivity index (χ2v) is 8.27. The minimum absolute atomic E-state index is 0. The van der Waals surface area contributed by atoms with Crippen molar-refractivity contribution in [3.05, 3.63) is 46.4 Å². The van der Waals surface area contributed by atoms with Crippen molar-refractivity contribution in [1.82, 2.24) is 9.88 Å². The molecule has 1 aliphatic rings. The summed E-state index contributed by atoms with van der Waals surface area (Å²) in [5.41, 5.74) is 1.42. The molecular weight excluding hydrogens is 466 g/mol. The molecule has 0 unspecified atom stereocenters. The highest BCUT2D eigenvalue weighted by molar-refractivity contribution is 9.10.